The Hall–Kier alpha value is -0.340. The maximum atomic E-state index is 3.75. The Morgan fingerprint density at radius 1 is 1.24 bits per heavy atom. The van der Waals surface area contributed by atoms with Gasteiger partial charge >= 0.3 is 0 Å². The van der Waals surface area contributed by atoms with Crippen LogP contribution in [0, 0.1) is 24.7 Å². The molecule has 1 aromatic heterocycles. The van der Waals surface area contributed by atoms with E-state index in [0.29, 0.717) is 0 Å². The molecule has 3 atom stereocenters. The first kappa shape index (κ1) is 17.0. The molecule has 0 aromatic carbocycles. The van der Waals surface area contributed by atoms with Crippen LogP contribution < -0.4 is 5.32 Å². The third kappa shape index (κ3) is 4.82. The van der Waals surface area contributed by atoms with Crippen molar-refractivity contribution in [2.24, 2.45) is 17.8 Å². The van der Waals surface area contributed by atoms with Gasteiger partial charge in [0.05, 0.1) is 0 Å². The topological polar surface area (TPSA) is 12.0 Å². The molecule has 1 aromatic rings. The van der Waals surface area contributed by atoms with Crippen molar-refractivity contribution >= 4 is 11.3 Å². The average Bonchev–Trinajstić information content (AvgIpc) is 2.81. The molecule has 0 radical (unpaired) electrons. The zero-order chi connectivity index (χ0) is 15.6. The van der Waals surface area contributed by atoms with Gasteiger partial charge < -0.3 is 5.32 Å². The summed E-state index contributed by atoms with van der Waals surface area (Å²) in [6, 6.07) is 4.69. The smallest absolute Gasteiger partial charge is 0.00966 e. The second-order valence-electron chi connectivity index (χ2n) is 8.26. The van der Waals surface area contributed by atoms with E-state index >= 15 is 0 Å². The lowest BCUT2D eigenvalue weighted by Crippen LogP contribution is -2.41. The van der Waals surface area contributed by atoms with Gasteiger partial charge in [0.25, 0.3) is 0 Å². The van der Waals surface area contributed by atoms with E-state index in [-0.39, 0.29) is 5.54 Å². The van der Waals surface area contributed by atoms with E-state index in [1.165, 1.54) is 24.1 Å². The second-order valence-corrected chi connectivity index (χ2v) is 9.58. The van der Waals surface area contributed by atoms with Gasteiger partial charge in [-0.15, -0.1) is 11.3 Å². The van der Waals surface area contributed by atoms with Crippen molar-refractivity contribution in [2.45, 2.75) is 72.3 Å². The SMILES string of the molecule is Cc1ccc(C2CC(C(C)C)CCC2CNC(C)(C)C)s1. The van der Waals surface area contributed by atoms with Gasteiger partial charge in [-0.25, -0.2) is 0 Å². The summed E-state index contributed by atoms with van der Waals surface area (Å²) in [6.45, 7) is 15.0. The van der Waals surface area contributed by atoms with Gasteiger partial charge in [-0.05, 0) is 89.3 Å². The number of aryl methyl sites for hydroxylation is 1. The van der Waals surface area contributed by atoms with Gasteiger partial charge in [-0.3, -0.25) is 0 Å². The molecule has 0 spiro atoms. The van der Waals surface area contributed by atoms with Crippen LogP contribution in [0.2, 0.25) is 0 Å². The lowest BCUT2D eigenvalue weighted by atomic mass is 9.70. The zero-order valence-electron chi connectivity index (χ0n) is 14.7. The number of nitrogens with one attached hydrogen (secondary N) is 1. The molecule has 21 heavy (non-hydrogen) atoms. The van der Waals surface area contributed by atoms with Crippen molar-refractivity contribution in [3.05, 3.63) is 21.9 Å². The van der Waals surface area contributed by atoms with E-state index in [1.807, 2.05) is 11.3 Å². The summed E-state index contributed by atoms with van der Waals surface area (Å²) in [5.41, 5.74) is 0.227. The van der Waals surface area contributed by atoms with Crippen LogP contribution in [0.4, 0.5) is 0 Å². The van der Waals surface area contributed by atoms with Gasteiger partial charge in [-0.1, -0.05) is 13.8 Å². The minimum absolute atomic E-state index is 0.227. The van der Waals surface area contributed by atoms with Crippen LogP contribution in [-0.2, 0) is 0 Å². The van der Waals surface area contributed by atoms with Crippen LogP contribution in [0.5, 0.6) is 0 Å². The number of hydrogen-bond acceptors (Lipinski definition) is 2. The molecular formula is C19H33NS. The summed E-state index contributed by atoms with van der Waals surface area (Å²) < 4.78 is 0. The van der Waals surface area contributed by atoms with Crippen molar-refractivity contribution in [3.63, 3.8) is 0 Å². The van der Waals surface area contributed by atoms with Crippen LogP contribution in [0.25, 0.3) is 0 Å². The second kappa shape index (κ2) is 6.83. The molecule has 1 fully saturated rings. The van der Waals surface area contributed by atoms with Crippen molar-refractivity contribution in [2.75, 3.05) is 6.54 Å². The molecule has 1 nitrogen and oxygen atoms in total. The monoisotopic (exact) mass is 307 g/mol. The van der Waals surface area contributed by atoms with Crippen molar-refractivity contribution in [1.29, 1.82) is 0 Å². The van der Waals surface area contributed by atoms with Gasteiger partial charge in [0, 0.05) is 15.3 Å². The van der Waals surface area contributed by atoms with E-state index in [9.17, 15) is 0 Å². The molecule has 1 N–H and O–H groups in total. The molecule has 1 aliphatic rings. The molecule has 0 bridgehead atoms. The minimum atomic E-state index is 0.227. The highest BCUT2D eigenvalue weighted by Gasteiger charge is 2.33. The fourth-order valence-electron chi connectivity index (χ4n) is 3.55. The maximum Gasteiger partial charge on any atom is 0.00966 e. The molecule has 0 aliphatic heterocycles. The molecule has 0 amide bonds. The van der Waals surface area contributed by atoms with Gasteiger partial charge in [-0.2, -0.15) is 0 Å². The summed E-state index contributed by atoms with van der Waals surface area (Å²) in [5.74, 6) is 3.30. The molecule has 120 valence electrons. The Bertz CT molecular complexity index is 441. The molecule has 0 saturated heterocycles. The summed E-state index contributed by atoms with van der Waals surface area (Å²) in [6.07, 6.45) is 4.18. The Morgan fingerprint density at radius 3 is 2.48 bits per heavy atom. The minimum Gasteiger partial charge on any atom is -0.312 e. The fraction of sp³-hybridized carbons (Fsp3) is 0.789. The summed E-state index contributed by atoms with van der Waals surface area (Å²) in [5, 5.41) is 3.75. The third-order valence-electron chi connectivity index (χ3n) is 5.00. The lowest BCUT2D eigenvalue weighted by molar-refractivity contribution is 0.184. The first-order chi connectivity index (χ1) is 9.76. The van der Waals surface area contributed by atoms with Crippen LogP contribution in [-0.4, -0.2) is 12.1 Å². The van der Waals surface area contributed by atoms with Gasteiger partial charge in [0.1, 0.15) is 0 Å². The molecule has 1 heterocycles. The Labute approximate surface area is 135 Å². The standard InChI is InChI=1S/C19H33NS/c1-13(2)15-8-9-16(12-20-19(4,5)6)17(11-15)18-10-7-14(3)21-18/h7,10,13,15-17,20H,8-9,11-12H2,1-6H3. The van der Waals surface area contributed by atoms with E-state index in [2.05, 4.69) is 59.0 Å². The lowest BCUT2D eigenvalue weighted by Gasteiger charge is -2.39. The Morgan fingerprint density at radius 2 is 1.95 bits per heavy atom. The Balaban J connectivity index is 2.10. The van der Waals surface area contributed by atoms with Crippen molar-refractivity contribution < 1.29 is 0 Å². The van der Waals surface area contributed by atoms with Crippen molar-refractivity contribution in [3.8, 4) is 0 Å². The maximum absolute atomic E-state index is 3.75. The van der Waals surface area contributed by atoms with E-state index in [1.54, 1.807) is 4.88 Å². The van der Waals surface area contributed by atoms with Crippen LogP contribution in [0.15, 0.2) is 12.1 Å². The molecule has 1 aliphatic carbocycles. The van der Waals surface area contributed by atoms with Gasteiger partial charge in [0.15, 0.2) is 0 Å². The average molecular weight is 308 g/mol. The summed E-state index contributed by atoms with van der Waals surface area (Å²) >= 11 is 2.02. The highest BCUT2D eigenvalue weighted by molar-refractivity contribution is 7.12. The fourth-order valence-corrected chi connectivity index (χ4v) is 4.64. The summed E-state index contributed by atoms with van der Waals surface area (Å²) in [7, 11) is 0. The molecule has 2 rings (SSSR count). The van der Waals surface area contributed by atoms with Crippen molar-refractivity contribution in [1.82, 2.24) is 5.32 Å². The highest BCUT2D eigenvalue weighted by Crippen LogP contribution is 2.44. The number of hydrogen-bond donors (Lipinski definition) is 1. The number of rotatable bonds is 4. The predicted octanol–water partition coefficient (Wildman–Crippen LogP) is 5.60. The first-order valence-corrected chi connectivity index (χ1v) is 9.39. The quantitative estimate of drug-likeness (QED) is 0.763. The largest absolute Gasteiger partial charge is 0.312 e. The molecule has 1 saturated carbocycles. The predicted molar refractivity (Wildman–Crippen MR) is 95.2 cm³/mol. The molecular weight excluding hydrogens is 274 g/mol. The Kier molecular flexibility index (Phi) is 5.54. The van der Waals surface area contributed by atoms with Crippen LogP contribution in [0.3, 0.4) is 0 Å². The molecule has 2 heteroatoms. The molecule has 3 unspecified atom stereocenters. The van der Waals surface area contributed by atoms with Gasteiger partial charge in [0.2, 0.25) is 0 Å². The van der Waals surface area contributed by atoms with Crippen LogP contribution >= 0.6 is 11.3 Å². The zero-order valence-corrected chi connectivity index (χ0v) is 15.5. The summed E-state index contributed by atoms with van der Waals surface area (Å²) in [4.78, 5) is 3.08. The number of thiophene rings is 1. The van der Waals surface area contributed by atoms with Crippen LogP contribution in [0.1, 0.15) is 69.6 Å². The first-order valence-electron chi connectivity index (χ1n) is 8.57. The normalized spacial score (nSPS) is 27.3. The van der Waals surface area contributed by atoms with E-state index in [0.717, 1.165) is 30.2 Å². The third-order valence-corrected chi connectivity index (χ3v) is 6.13. The van der Waals surface area contributed by atoms with E-state index in [4.69, 9.17) is 0 Å². The highest BCUT2D eigenvalue weighted by atomic mass is 32.1. The van der Waals surface area contributed by atoms with E-state index < -0.39 is 0 Å².